The Hall–Kier alpha value is -0.780. The molecule has 1 rings (SSSR count). The Kier molecular flexibility index (Phi) is 13.0. The van der Waals surface area contributed by atoms with Crippen molar-refractivity contribution >= 4 is 51.4 Å². The maximum absolute atomic E-state index is 11.0. The van der Waals surface area contributed by atoms with E-state index in [1.807, 2.05) is 19.1 Å². The molecule has 0 amide bonds. The van der Waals surface area contributed by atoms with Crippen LogP contribution in [0.5, 0.6) is 5.75 Å². The lowest BCUT2D eigenvalue weighted by Crippen LogP contribution is -2.42. The number of benzene rings is 1. The Bertz CT molecular complexity index is 641. The molecule has 2 N–H and O–H groups in total. The Labute approximate surface area is 177 Å². The third-order valence-corrected chi connectivity index (χ3v) is 4.23. The zero-order valence-corrected chi connectivity index (χ0v) is 19.1. The van der Waals surface area contributed by atoms with Crippen molar-refractivity contribution in [2.75, 3.05) is 45.4 Å². The first kappa shape index (κ1) is 25.2. The second-order valence-electron chi connectivity index (χ2n) is 5.50. The molecule has 0 aliphatic heterocycles. The molecule has 150 valence electrons. The Morgan fingerprint density at radius 1 is 1.23 bits per heavy atom. The van der Waals surface area contributed by atoms with Gasteiger partial charge >= 0.3 is 0 Å². The van der Waals surface area contributed by atoms with Crippen molar-refractivity contribution in [3.05, 3.63) is 29.3 Å². The second kappa shape index (κ2) is 13.4. The average molecular weight is 520 g/mol. The van der Waals surface area contributed by atoms with E-state index >= 15 is 0 Å². The smallest absolute Gasteiger partial charge is 0.191 e. The molecule has 10 heteroatoms. The lowest BCUT2D eigenvalue weighted by atomic mass is 10.3. The van der Waals surface area contributed by atoms with E-state index in [0.29, 0.717) is 30.7 Å². The molecule has 1 atom stereocenters. The molecule has 1 aromatic carbocycles. The second-order valence-corrected chi connectivity index (χ2v) is 8.20. The summed E-state index contributed by atoms with van der Waals surface area (Å²) in [5.41, 5.74) is 0. The zero-order valence-electron chi connectivity index (χ0n) is 15.2. The largest absolute Gasteiger partial charge is 0.489 e. The topological polar surface area (TPSA) is 89.0 Å². The van der Waals surface area contributed by atoms with Crippen LogP contribution in [0.25, 0.3) is 0 Å². The van der Waals surface area contributed by atoms with Crippen LogP contribution in [0, 0.1) is 0 Å². The molecule has 0 saturated carbocycles. The summed E-state index contributed by atoms with van der Waals surface area (Å²) in [4.78, 5) is 4.11. The summed E-state index contributed by atoms with van der Waals surface area (Å²) in [6.45, 7) is 3.63. The van der Waals surface area contributed by atoms with Crippen molar-refractivity contribution in [3.63, 3.8) is 0 Å². The van der Waals surface area contributed by atoms with Crippen LogP contribution in [0.2, 0.25) is 5.02 Å². The van der Waals surface area contributed by atoms with Crippen LogP contribution in [-0.2, 0) is 14.6 Å². The van der Waals surface area contributed by atoms with Crippen LogP contribution in [-0.4, -0.2) is 65.8 Å². The molecule has 0 fully saturated rings. The van der Waals surface area contributed by atoms with Crippen molar-refractivity contribution in [1.29, 1.82) is 0 Å². The Morgan fingerprint density at radius 3 is 2.46 bits per heavy atom. The molecule has 26 heavy (non-hydrogen) atoms. The molecule has 0 saturated heterocycles. The van der Waals surface area contributed by atoms with Crippen LogP contribution >= 0.6 is 35.6 Å². The van der Waals surface area contributed by atoms with Gasteiger partial charge in [-0.25, -0.2) is 8.42 Å². The number of aliphatic imine (C=N–C) groups is 1. The van der Waals surface area contributed by atoms with E-state index in [2.05, 4.69) is 15.6 Å². The number of nitrogens with zero attached hydrogens (tertiary/aromatic N) is 1. The van der Waals surface area contributed by atoms with Crippen LogP contribution in [0.3, 0.4) is 0 Å². The van der Waals surface area contributed by atoms with Crippen molar-refractivity contribution in [3.8, 4) is 5.75 Å². The SMILES string of the molecule is CN=C(NCCOCCS(C)(=O)=O)NCC(C)Oc1ccc(Cl)cc1.I. The predicted molar refractivity (Wildman–Crippen MR) is 117 cm³/mol. The molecule has 1 aromatic rings. The minimum atomic E-state index is -2.98. The average Bonchev–Trinajstić information content (AvgIpc) is 2.54. The van der Waals surface area contributed by atoms with E-state index < -0.39 is 9.84 Å². The van der Waals surface area contributed by atoms with Crippen molar-refractivity contribution in [2.24, 2.45) is 4.99 Å². The number of halogens is 2. The van der Waals surface area contributed by atoms with Gasteiger partial charge in [-0.2, -0.15) is 0 Å². The van der Waals surface area contributed by atoms with Crippen LogP contribution in [0.4, 0.5) is 0 Å². The normalized spacial score (nSPS) is 12.8. The summed E-state index contributed by atoms with van der Waals surface area (Å²) in [6, 6.07) is 7.20. The van der Waals surface area contributed by atoms with Gasteiger partial charge in [-0.15, -0.1) is 24.0 Å². The van der Waals surface area contributed by atoms with Gasteiger partial charge in [-0.1, -0.05) is 11.6 Å². The first-order chi connectivity index (χ1) is 11.8. The van der Waals surface area contributed by atoms with Gasteiger partial charge in [0.1, 0.15) is 21.7 Å². The fraction of sp³-hybridized carbons (Fsp3) is 0.562. The highest BCUT2D eigenvalue weighted by Gasteiger charge is 2.06. The summed E-state index contributed by atoms with van der Waals surface area (Å²) >= 11 is 5.84. The van der Waals surface area contributed by atoms with Crippen molar-refractivity contribution in [1.82, 2.24) is 10.6 Å². The quantitative estimate of drug-likeness (QED) is 0.213. The lowest BCUT2D eigenvalue weighted by Gasteiger charge is -2.17. The molecular weight excluding hydrogens is 493 g/mol. The number of hydrogen-bond acceptors (Lipinski definition) is 5. The zero-order chi connectivity index (χ0) is 18.7. The molecule has 0 aliphatic carbocycles. The minimum absolute atomic E-state index is 0. The van der Waals surface area contributed by atoms with E-state index in [4.69, 9.17) is 21.1 Å². The molecule has 1 unspecified atom stereocenters. The van der Waals surface area contributed by atoms with Gasteiger partial charge < -0.3 is 20.1 Å². The summed E-state index contributed by atoms with van der Waals surface area (Å²) in [6.07, 6.45) is 1.12. The first-order valence-electron chi connectivity index (χ1n) is 7.92. The van der Waals surface area contributed by atoms with Gasteiger partial charge in [0.05, 0.1) is 25.5 Å². The lowest BCUT2D eigenvalue weighted by molar-refractivity contribution is 0.154. The fourth-order valence-electron chi connectivity index (χ4n) is 1.80. The van der Waals surface area contributed by atoms with Crippen molar-refractivity contribution in [2.45, 2.75) is 13.0 Å². The van der Waals surface area contributed by atoms with E-state index in [-0.39, 0.29) is 42.4 Å². The number of nitrogens with one attached hydrogen (secondary N) is 2. The highest BCUT2D eigenvalue weighted by atomic mass is 127. The number of guanidine groups is 1. The standard InChI is InChI=1S/C16H26ClN3O4S.HI/c1-13(24-15-6-4-14(17)5-7-15)12-20-16(18-2)19-8-9-23-10-11-25(3,21)22;/h4-7,13H,8-12H2,1-3H3,(H2,18,19,20);1H. The van der Waals surface area contributed by atoms with Gasteiger partial charge in [0, 0.05) is 24.9 Å². The third-order valence-electron chi connectivity index (χ3n) is 3.07. The summed E-state index contributed by atoms with van der Waals surface area (Å²) in [5.74, 6) is 1.40. The molecule has 0 aromatic heterocycles. The monoisotopic (exact) mass is 519 g/mol. The fourth-order valence-corrected chi connectivity index (χ4v) is 2.35. The molecule has 0 heterocycles. The van der Waals surface area contributed by atoms with E-state index in [1.54, 1.807) is 19.2 Å². The number of hydrogen-bond donors (Lipinski definition) is 2. The van der Waals surface area contributed by atoms with E-state index in [0.717, 1.165) is 5.75 Å². The maximum atomic E-state index is 11.0. The Balaban J connectivity index is 0.00000625. The van der Waals surface area contributed by atoms with Gasteiger partial charge in [0.25, 0.3) is 0 Å². The highest BCUT2D eigenvalue weighted by molar-refractivity contribution is 14.0. The molecule has 7 nitrogen and oxygen atoms in total. The molecule has 0 spiro atoms. The third kappa shape index (κ3) is 12.6. The number of sulfone groups is 1. The van der Waals surface area contributed by atoms with Gasteiger partial charge in [0.2, 0.25) is 0 Å². The first-order valence-corrected chi connectivity index (χ1v) is 10.4. The molecule has 0 bridgehead atoms. The minimum Gasteiger partial charge on any atom is -0.489 e. The summed E-state index contributed by atoms with van der Waals surface area (Å²) in [5, 5.41) is 6.91. The molecule has 0 aliphatic rings. The van der Waals surface area contributed by atoms with Crippen LogP contribution < -0.4 is 15.4 Å². The molecule has 0 radical (unpaired) electrons. The highest BCUT2D eigenvalue weighted by Crippen LogP contribution is 2.16. The number of ether oxygens (including phenoxy) is 2. The van der Waals surface area contributed by atoms with Gasteiger partial charge in [-0.3, -0.25) is 4.99 Å². The van der Waals surface area contributed by atoms with Gasteiger partial charge in [0.15, 0.2) is 5.96 Å². The van der Waals surface area contributed by atoms with Gasteiger partial charge in [-0.05, 0) is 31.2 Å². The Morgan fingerprint density at radius 2 is 1.88 bits per heavy atom. The maximum Gasteiger partial charge on any atom is 0.191 e. The van der Waals surface area contributed by atoms with Crippen LogP contribution in [0.1, 0.15) is 6.92 Å². The van der Waals surface area contributed by atoms with E-state index in [1.165, 1.54) is 6.26 Å². The van der Waals surface area contributed by atoms with Crippen LogP contribution in [0.15, 0.2) is 29.3 Å². The van der Waals surface area contributed by atoms with E-state index in [9.17, 15) is 8.42 Å². The molecular formula is C16H27ClIN3O4S. The number of rotatable bonds is 10. The van der Waals surface area contributed by atoms with Crippen molar-refractivity contribution < 1.29 is 17.9 Å². The predicted octanol–water partition coefficient (Wildman–Crippen LogP) is 1.95. The summed E-state index contributed by atoms with van der Waals surface area (Å²) < 4.78 is 33.0. The summed E-state index contributed by atoms with van der Waals surface area (Å²) in [7, 11) is -1.31.